The highest BCUT2D eigenvalue weighted by atomic mass is 32.2. The van der Waals surface area contributed by atoms with Gasteiger partial charge in [0.2, 0.25) is 0 Å². The van der Waals surface area contributed by atoms with E-state index in [1.54, 1.807) is 23.9 Å². The van der Waals surface area contributed by atoms with Gasteiger partial charge in [-0.05, 0) is 18.6 Å². The summed E-state index contributed by atoms with van der Waals surface area (Å²) in [5.41, 5.74) is 1.14. The molecule has 86 valence electrons. The van der Waals surface area contributed by atoms with E-state index in [0.717, 1.165) is 30.4 Å². The average Bonchev–Trinajstić information content (AvgIpc) is 2.23. The van der Waals surface area contributed by atoms with Gasteiger partial charge in [0.25, 0.3) is 0 Å². The molecule has 2 rings (SSSR count). The van der Waals surface area contributed by atoms with Crippen molar-refractivity contribution in [3.63, 3.8) is 0 Å². The maximum atomic E-state index is 10.9. The van der Waals surface area contributed by atoms with Crippen molar-refractivity contribution in [3.8, 4) is 0 Å². The Labute approximate surface area is 98.0 Å². The molecule has 1 aromatic rings. The molecule has 0 radical (unpaired) electrons. The number of carbonyl (C=O) groups is 1. The lowest BCUT2D eigenvalue weighted by atomic mass is 10.2. The Bertz CT molecular complexity index is 404. The van der Waals surface area contributed by atoms with Crippen molar-refractivity contribution in [1.29, 1.82) is 0 Å². The molecule has 1 aliphatic heterocycles. The molecule has 0 unspecified atom stereocenters. The molecule has 0 saturated carbocycles. The number of aryl methyl sites for hydroxylation is 1. The first-order valence-corrected chi connectivity index (χ1v) is 6.05. The highest BCUT2D eigenvalue weighted by Crippen LogP contribution is 2.27. The molecule has 1 saturated heterocycles. The normalized spacial score (nSPS) is 15.8. The summed E-state index contributed by atoms with van der Waals surface area (Å²) in [5, 5.41) is 10.2. The fraction of sp³-hybridized carbons (Fsp3) is 0.455. The lowest BCUT2D eigenvalue weighted by Gasteiger charge is -2.24. The molecule has 1 N–H and O–H groups in total. The summed E-state index contributed by atoms with van der Waals surface area (Å²) < 4.78 is 5.08. The number of hydrogen-bond donors (Lipinski definition) is 1. The standard InChI is InChI=1S/C11H13NO3S/c1-2-8-3-7(11(13)14)4-10(12-8)16-9-5-15-6-9/h3-4,9H,2,5-6H2,1H3,(H,13,14). The fourth-order valence-corrected chi connectivity index (χ4v) is 2.41. The Morgan fingerprint density at radius 1 is 1.62 bits per heavy atom. The second kappa shape index (κ2) is 4.84. The Kier molecular flexibility index (Phi) is 3.46. The minimum absolute atomic E-state index is 0.314. The van der Waals surface area contributed by atoms with Crippen molar-refractivity contribution < 1.29 is 14.6 Å². The number of ether oxygens (including phenoxy) is 1. The minimum Gasteiger partial charge on any atom is -0.478 e. The molecule has 5 heteroatoms. The van der Waals surface area contributed by atoms with E-state index in [1.807, 2.05) is 6.92 Å². The van der Waals surface area contributed by atoms with Crippen molar-refractivity contribution in [2.24, 2.45) is 0 Å². The molecule has 2 heterocycles. The smallest absolute Gasteiger partial charge is 0.335 e. The molecule has 0 spiro atoms. The number of carboxylic acids is 1. The van der Waals surface area contributed by atoms with Crippen LogP contribution in [0.3, 0.4) is 0 Å². The van der Waals surface area contributed by atoms with Gasteiger partial charge >= 0.3 is 5.97 Å². The van der Waals surface area contributed by atoms with Gasteiger partial charge in [0.1, 0.15) is 0 Å². The highest BCUT2D eigenvalue weighted by molar-refractivity contribution is 8.00. The lowest BCUT2D eigenvalue weighted by molar-refractivity contribution is 0.0454. The van der Waals surface area contributed by atoms with Gasteiger partial charge in [-0.2, -0.15) is 0 Å². The van der Waals surface area contributed by atoms with Gasteiger partial charge in [0.15, 0.2) is 0 Å². The van der Waals surface area contributed by atoms with E-state index in [1.165, 1.54) is 0 Å². The number of nitrogens with zero attached hydrogens (tertiary/aromatic N) is 1. The molecule has 1 fully saturated rings. The van der Waals surface area contributed by atoms with Crippen LogP contribution in [-0.4, -0.2) is 34.5 Å². The SMILES string of the molecule is CCc1cc(C(=O)O)cc(SC2COC2)n1. The summed E-state index contributed by atoms with van der Waals surface area (Å²) in [6.45, 7) is 3.42. The number of pyridine rings is 1. The number of thioether (sulfide) groups is 1. The monoisotopic (exact) mass is 239 g/mol. The van der Waals surface area contributed by atoms with E-state index in [0.29, 0.717) is 10.8 Å². The maximum absolute atomic E-state index is 10.9. The van der Waals surface area contributed by atoms with Crippen LogP contribution in [0.1, 0.15) is 23.0 Å². The van der Waals surface area contributed by atoms with Gasteiger partial charge in [-0.15, -0.1) is 0 Å². The van der Waals surface area contributed by atoms with E-state index < -0.39 is 5.97 Å². The summed E-state index contributed by atoms with van der Waals surface area (Å²) in [6.07, 6.45) is 0.746. The zero-order chi connectivity index (χ0) is 11.5. The lowest BCUT2D eigenvalue weighted by Crippen LogP contribution is -2.30. The largest absolute Gasteiger partial charge is 0.478 e. The third kappa shape index (κ3) is 2.54. The topological polar surface area (TPSA) is 59.4 Å². The predicted octanol–water partition coefficient (Wildman–Crippen LogP) is 1.83. The molecule has 4 nitrogen and oxygen atoms in total. The molecule has 0 amide bonds. The number of carboxylic acid groups (broad SMARTS) is 1. The van der Waals surface area contributed by atoms with Gasteiger partial charge in [0, 0.05) is 5.69 Å². The summed E-state index contributed by atoms with van der Waals surface area (Å²) in [6, 6.07) is 3.26. The third-order valence-electron chi connectivity index (χ3n) is 2.36. The Hall–Kier alpha value is -1.07. The maximum Gasteiger partial charge on any atom is 0.335 e. The quantitative estimate of drug-likeness (QED) is 0.868. The second-order valence-corrected chi connectivity index (χ2v) is 4.94. The van der Waals surface area contributed by atoms with Crippen LogP contribution < -0.4 is 0 Å². The zero-order valence-electron chi connectivity index (χ0n) is 8.97. The van der Waals surface area contributed by atoms with Crippen molar-refractivity contribution >= 4 is 17.7 Å². The van der Waals surface area contributed by atoms with Crippen LogP contribution in [0.2, 0.25) is 0 Å². The molecule has 1 aliphatic rings. The Morgan fingerprint density at radius 3 is 2.88 bits per heavy atom. The molecule has 16 heavy (non-hydrogen) atoms. The molecular formula is C11H13NO3S. The second-order valence-electron chi connectivity index (χ2n) is 3.62. The van der Waals surface area contributed by atoms with Gasteiger partial charge in [-0.3, -0.25) is 0 Å². The van der Waals surface area contributed by atoms with E-state index in [-0.39, 0.29) is 0 Å². The van der Waals surface area contributed by atoms with E-state index in [2.05, 4.69) is 4.98 Å². The highest BCUT2D eigenvalue weighted by Gasteiger charge is 2.21. The fourth-order valence-electron chi connectivity index (χ4n) is 1.38. The van der Waals surface area contributed by atoms with Gasteiger partial charge in [-0.1, -0.05) is 18.7 Å². The van der Waals surface area contributed by atoms with Gasteiger partial charge < -0.3 is 9.84 Å². The van der Waals surface area contributed by atoms with Crippen LogP contribution in [0.25, 0.3) is 0 Å². The predicted molar refractivity (Wildman–Crippen MR) is 61.0 cm³/mol. The molecular weight excluding hydrogens is 226 g/mol. The van der Waals surface area contributed by atoms with E-state index in [9.17, 15) is 4.79 Å². The number of aromatic nitrogens is 1. The van der Waals surface area contributed by atoms with E-state index >= 15 is 0 Å². The summed E-state index contributed by atoms with van der Waals surface area (Å²) in [7, 11) is 0. The first kappa shape index (κ1) is 11.4. The van der Waals surface area contributed by atoms with Crippen LogP contribution in [0.4, 0.5) is 0 Å². The van der Waals surface area contributed by atoms with Crippen LogP contribution in [0.5, 0.6) is 0 Å². The van der Waals surface area contributed by atoms with Gasteiger partial charge in [-0.25, -0.2) is 9.78 Å². The number of aromatic carboxylic acids is 1. The third-order valence-corrected chi connectivity index (χ3v) is 3.42. The van der Waals surface area contributed by atoms with Crippen molar-refractivity contribution in [2.75, 3.05) is 13.2 Å². The van der Waals surface area contributed by atoms with Crippen LogP contribution in [0, 0.1) is 0 Å². The van der Waals surface area contributed by atoms with Crippen molar-refractivity contribution in [1.82, 2.24) is 4.98 Å². The molecule has 0 bridgehead atoms. The van der Waals surface area contributed by atoms with Crippen LogP contribution >= 0.6 is 11.8 Å². The molecule has 0 aliphatic carbocycles. The van der Waals surface area contributed by atoms with Crippen LogP contribution in [0.15, 0.2) is 17.2 Å². The Morgan fingerprint density at radius 2 is 2.38 bits per heavy atom. The number of rotatable bonds is 4. The molecule has 0 atom stereocenters. The molecule has 0 aromatic carbocycles. The Balaban J connectivity index is 2.21. The zero-order valence-corrected chi connectivity index (χ0v) is 9.79. The summed E-state index contributed by atoms with van der Waals surface area (Å²) in [5.74, 6) is -0.899. The van der Waals surface area contributed by atoms with E-state index in [4.69, 9.17) is 9.84 Å². The number of hydrogen-bond acceptors (Lipinski definition) is 4. The molecule has 1 aromatic heterocycles. The first-order chi connectivity index (χ1) is 7.69. The van der Waals surface area contributed by atoms with Crippen LogP contribution in [-0.2, 0) is 11.2 Å². The average molecular weight is 239 g/mol. The van der Waals surface area contributed by atoms with Crippen molar-refractivity contribution in [2.45, 2.75) is 23.6 Å². The van der Waals surface area contributed by atoms with Gasteiger partial charge in [0.05, 0.1) is 29.1 Å². The van der Waals surface area contributed by atoms with Crippen molar-refractivity contribution in [3.05, 3.63) is 23.4 Å². The summed E-state index contributed by atoms with van der Waals surface area (Å²) in [4.78, 5) is 15.3. The minimum atomic E-state index is -0.899. The first-order valence-electron chi connectivity index (χ1n) is 5.17. The summed E-state index contributed by atoms with van der Waals surface area (Å²) >= 11 is 1.59.